The fraction of sp³-hybridized carbons (Fsp3) is 0.550. The number of para-hydroxylation sites is 1. The van der Waals surface area contributed by atoms with Crippen LogP contribution in [0.5, 0.6) is 5.75 Å². The van der Waals surface area contributed by atoms with E-state index in [1.165, 1.54) is 39.1 Å². The van der Waals surface area contributed by atoms with E-state index in [4.69, 9.17) is 9.47 Å². The summed E-state index contributed by atoms with van der Waals surface area (Å²) in [5.41, 5.74) is 8.39. The van der Waals surface area contributed by atoms with E-state index in [9.17, 15) is 0 Å². The summed E-state index contributed by atoms with van der Waals surface area (Å²) in [5, 5.41) is 3.83. The molecule has 1 atom stereocenters. The van der Waals surface area contributed by atoms with Crippen molar-refractivity contribution in [2.45, 2.75) is 92.1 Å². The van der Waals surface area contributed by atoms with Gasteiger partial charge in [0, 0.05) is 24.3 Å². The first-order valence-electron chi connectivity index (χ1n) is 17.2. The number of ether oxygens (including phenoxy) is 2. The van der Waals surface area contributed by atoms with E-state index >= 15 is 0 Å². The molecule has 1 heterocycles. The van der Waals surface area contributed by atoms with Crippen molar-refractivity contribution in [3.8, 4) is 5.75 Å². The number of nitrogens with one attached hydrogen (secondary N) is 1. The van der Waals surface area contributed by atoms with Crippen LogP contribution in [0.1, 0.15) is 103 Å². The molecule has 1 unspecified atom stereocenters. The first kappa shape index (κ1) is 35.0. The number of rotatable bonds is 14. The van der Waals surface area contributed by atoms with Crippen LogP contribution in [0.25, 0.3) is 0 Å². The maximum atomic E-state index is 6.78. The summed E-state index contributed by atoms with van der Waals surface area (Å²) in [6.07, 6.45) is 0. The van der Waals surface area contributed by atoms with Gasteiger partial charge in [-0.1, -0.05) is 118 Å². The van der Waals surface area contributed by atoms with E-state index in [1.54, 1.807) is 0 Å². The number of benzene rings is 3. The van der Waals surface area contributed by atoms with E-state index in [0.29, 0.717) is 19.9 Å². The van der Waals surface area contributed by atoms with Gasteiger partial charge in [-0.2, -0.15) is 0 Å². The third-order valence-electron chi connectivity index (χ3n) is 9.66. The molecule has 0 amide bonds. The molecule has 1 N–H and O–H groups in total. The van der Waals surface area contributed by atoms with E-state index in [-0.39, 0.29) is 10.8 Å². The molecule has 0 aromatic heterocycles. The number of hydrogen-bond acceptors (Lipinski definition) is 5. The fourth-order valence-corrected chi connectivity index (χ4v) is 6.50. The van der Waals surface area contributed by atoms with Gasteiger partial charge in [-0.15, -0.1) is 0 Å². The molecular formula is C40H59N3O2. The molecule has 0 spiro atoms. The van der Waals surface area contributed by atoms with Crippen LogP contribution in [0, 0.1) is 0 Å². The molecule has 4 rings (SSSR count). The minimum atomic E-state index is -0.461. The predicted molar refractivity (Wildman–Crippen MR) is 191 cm³/mol. The highest BCUT2D eigenvalue weighted by Crippen LogP contribution is 2.52. The molecule has 0 radical (unpaired) electrons. The Morgan fingerprint density at radius 3 is 1.93 bits per heavy atom. The molecule has 246 valence electrons. The molecule has 3 aromatic carbocycles. The van der Waals surface area contributed by atoms with Gasteiger partial charge >= 0.3 is 0 Å². The lowest BCUT2D eigenvalue weighted by Crippen LogP contribution is -2.35. The predicted octanol–water partition coefficient (Wildman–Crippen LogP) is 8.58. The number of fused-ring (bicyclic) bond motifs is 1. The summed E-state index contributed by atoms with van der Waals surface area (Å²) in [6, 6.07) is 22.8. The minimum Gasteiger partial charge on any atom is -0.492 e. The van der Waals surface area contributed by atoms with Crippen LogP contribution < -0.4 is 10.1 Å². The van der Waals surface area contributed by atoms with Crippen LogP contribution in [-0.2, 0) is 27.6 Å². The van der Waals surface area contributed by atoms with Crippen LogP contribution in [-0.4, -0.2) is 62.4 Å². The van der Waals surface area contributed by atoms with Gasteiger partial charge in [0.2, 0.25) is 0 Å². The summed E-state index contributed by atoms with van der Waals surface area (Å²) < 4.78 is 13.2. The SMILES string of the molecule is CCN(CC)CCOc1ccc(C(C)(C)C)cc1C1(c2cc(C(C)(C)C)ccc2COCN(CC)CC)CNc2ccccc21. The average molecular weight is 614 g/mol. The molecule has 3 aromatic rings. The Morgan fingerprint density at radius 2 is 1.31 bits per heavy atom. The van der Waals surface area contributed by atoms with Crippen molar-refractivity contribution in [2.24, 2.45) is 0 Å². The van der Waals surface area contributed by atoms with E-state index in [0.717, 1.165) is 45.0 Å². The Kier molecular flexibility index (Phi) is 11.4. The first-order chi connectivity index (χ1) is 21.4. The summed E-state index contributed by atoms with van der Waals surface area (Å²) in [6.45, 7) is 30.1. The van der Waals surface area contributed by atoms with Crippen molar-refractivity contribution in [3.63, 3.8) is 0 Å². The van der Waals surface area contributed by atoms with Crippen molar-refractivity contribution < 1.29 is 9.47 Å². The van der Waals surface area contributed by atoms with E-state index in [2.05, 4.69) is 145 Å². The van der Waals surface area contributed by atoms with Crippen molar-refractivity contribution >= 4 is 5.69 Å². The quantitative estimate of drug-likeness (QED) is 0.184. The van der Waals surface area contributed by atoms with Crippen LogP contribution in [0.15, 0.2) is 60.7 Å². The van der Waals surface area contributed by atoms with Gasteiger partial charge in [-0.3, -0.25) is 4.90 Å². The van der Waals surface area contributed by atoms with Crippen LogP contribution >= 0.6 is 0 Å². The Hall–Kier alpha value is -2.86. The Morgan fingerprint density at radius 1 is 0.711 bits per heavy atom. The zero-order valence-corrected chi connectivity index (χ0v) is 29.8. The van der Waals surface area contributed by atoms with E-state index < -0.39 is 5.41 Å². The van der Waals surface area contributed by atoms with Gasteiger partial charge in [0.05, 0.1) is 18.8 Å². The Bertz CT molecular complexity index is 1310. The lowest BCUT2D eigenvalue weighted by molar-refractivity contribution is 0.0236. The van der Waals surface area contributed by atoms with Gasteiger partial charge in [0.1, 0.15) is 12.4 Å². The summed E-state index contributed by atoms with van der Waals surface area (Å²) >= 11 is 0. The molecule has 0 aliphatic carbocycles. The molecule has 5 heteroatoms. The smallest absolute Gasteiger partial charge is 0.123 e. The second-order valence-corrected chi connectivity index (χ2v) is 14.5. The van der Waals surface area contributed by atoms with E-state index in [1.807, 2.05) is 0 Å². The van der Waals surface area contributed by atoms with Crippen LogP contribution in [0.4, 0.5) is 5.69 Å². The number of nitrogens with zero attached hydrogens (tertiary/aromatic N) is 2. The molecule has 5 nitrogen and oxygen atoms in total. The third kappa shape index (κ3) is 7.76. The topological polar surface area (TPSA) is 37.0 Å². The zero-order chi connectivity index (χ0) is 32.8. The molecule has 45 heavy (non-hydrogen) atoms. The van der Waals surface area contributed by atoms with Gasteiger partial charge in [0.15, 0.2) is 0 Å². The van der Waals surface area contributed by atoms with Crippen LogP contribution in [0.3, 0.4) is 0 Å². The summed E-state index contributed by atoms with van der Waals surface area (Å²) in [7, 11) is 0. The van der Waals surface area contributed by atoms with Crippen LogP contribution in [0.2, 0.25) is 0 Å². The number of anilines is 1. The number of likely N-dealkylation sites (N-methyl/N-ethyl adjacent to an activating group) is 1. The molecule has 0 saturated heterocycles. The normalized spacial score (nSPS) is 16.7. The standard InChI is InChI=1S/C40H59N3O2/c1-11-42(12-2)23-24-45-37-22-21-32(39(8,9)10)26-35(37)40(28-41-36-18-16-15-17-33(36)40)34-25-31(38(5,6)7)20-19-30(34)27-44-29-43(13-3)14-4/h15-22,25-26,41H,11-14,23-24,27-29H2,1-10H3. The molecule has 0 fully saturated rings. The molecule has 0 saturated carbocycles. The lowest BCUT2D eigenvalue weighted by atomic mass is 9.67. The first-order valence-corrected chi connectivity index (χ1v) is 17.2. The zero-order valence-electron chi connectivity index (χ0n) is 29.8. The van der Waals surface area contributed by atoms with Crippen molar-refractivity contribution in [1.29, 1.82) is 0 Å². The molecular weight excluding hydrogens is 554 g/mol. The summed E-state index contributed by atoms with van der Waals surface area (Å²) in [4.78, 5) is 4.74. The fourth-order valence-electron chi connectivity index (χ4n) is 6.50. The minimum absolute atomic E-state index is 0.00154. The van der Waals surface area contributed by atoms with Gasteiger partial charge in [0.25, 0.3) is 0 Å². The molecule has 0 bridgehead atoms. The highest BCUT2D eigenvalue weighted by molar-refractivity contribution is 5.72. The van der Waals surface area contributed by atoms with Gasteiger partial charge in [-0.05, 0) is 77.0 Å². The maximum Gasteiger partial charge on any atom is 0.123 e. The molecule has 1 aliphatic heterocycles. The second kappa shape index (κ2) is 14.7. The summed E-state index contributed by atoms with van der Waals surface area (Å²) in [5.74, 6) is 0.963. The van der Waals surface area contributed by atoms with Gasteiger partial charge < -0.3 is 19.7 Å². The Labute approximate surface area is 274 Å². The van der Waals surface area contributed by atoms with Crippen molar-refractivity contribution in [3.05, 3.63) is 94.0 Å². The van der Waals surface area contributed by atoms with Crippen molar-refractivity contribution in [1.82, 2.24) is 9.80 Å². The van der Waals surface area contributed by atoms with Gasteiger partial charge in [-0.25, -0.2) is 0 Å². The Balaban J connectivity index is 1.97. The third-order valence-corrected chi connectivity index (χ3v) is 9.66. The molecule has 1 aliphatic rings. The van der Waals surface area contributed by atoms with Crippen molar-refractivity contribution in [2.75, 3.05) is 57.9 Å². The average Bonchev–Trinajstić information content (AvgIpc) is 3.41. The monoisotopic (exact) mass is 613 g/mol. The maximum absolute atomic E-state index is 6.78. The highest BCUT2D eigenvalue weighted by Gasteiger charge is 2.46. The number of hydrogen-bond donors (Lipinski definition) is 1. The second-order valence-electron chi connectivity index (χ2n) is 14.5. The highest BCUT2D eigenvalue weighted by atomic mass is 16.5. The largest absolute Gasteiger partial charge is 0.492 e. The lowest BCUT2D eigenvalue weighted by Gasteiger charge is -2.37.